The number of nitrogens with zero attached hydrogens (tertiary/aromatic N) is 4. The monoisotopic (exact) mass is 494 g/mol. The van der Waals surface area contributed by atoms with Crippen LogP contribution in [0.15, 0.2) is 40.9 Å². The molecule has 0 unspecified atom stereocenters. The summed E-state index contributed by atoms with van der Waals surface area (Å²) in [4.78, 5) is 27.5. The van der Waals surface area contributed by atoms with E-state index in [1.807, 2.05) is 4.90 Å². The van der Waals surface area contributed by atoms with E-state index < -0.39 is 4.92 Å². The summed E-state index contributed by atoms with van der Waals surface area (Å²) in [5.41, 5.74) is 1.70. The number of amides is 1. The summed E-state index contributed by atoms with van der Waals surface area (Å²) >= 11 is 18.9. The number of aryl methyl sites for hydroxylation is 1. The van der Waals surface area contributed by atoms with Crippen molar-refractivity contribution < 1.29 is 14.2 Å². The summed E-state index contributed by atoms with van der Waals surface area (Å²) in [6.45, 7) is 3.53. The molecule has 0 spiro atoms. The Hall–Kier alpha value is -2.81. The highest BCUT2D eigenvalue weighted by atomic mass is 35.5. The molecule has 3 aromatic rings. The van der Waals surface area contributed by atoms with Gasteiger partial charge in [0.25, 0.3) is 11.6 Å². The fraction of sp³-hybridized carbons (Fsp3) is 0.238. The van der Waals surface area contributed by atoms with Crippen LogP contribution in [-0.2, 0) is 0 Å². The minimum absolute atomic E-state index is 0.0683. The van der Waals surface area contributed by atoms with Gasteiger partial charge in [-0.05, 0) is 25.1 Å². The number of aromatic nitrogens is 1. The number of hydrogen-bond acceptors (Lipinski definition) is 6. The molecule has 1 aliphatic rings. The summed E-state index contributed by atoms with van der Waals surface area (Å²) in [6.07, 6.45) is 0. The zero-order valence-electron chi connectivity index (χ0n) is 16.8. The van der Waals surface area contributed by atoms with Gasteiger partial charge in [0.1, 0.15) is 17.0 Å². The lowest BCUT2D eigenvalue weighted by atomic mass is 10.0. The molecule has 1 aromatic heterocycles. The molecular weight excluding hydrogens is 479 g/mol. The van der Waals surface area contributed by atoms with Gasteiger partial charge >= 0.3 is 0 Å². The number of non-ortho nitro benzene ring substituents is 1. The zero-order valence-corrected chi connectivity index (χ0v) is 19.1. The number of nitro groups is 1. The third-order valence-electron chi connectivity index (χ3n) is 5.33. The Bertz CT molecular complexity index is 1190. The molecule has 1 amide bonds. The Morgan fingerprint density at radius 2 is 1.72 bits per heavy atom. The molecule has 8 nitrogen and oxygen atoms in total. The van der Waals surface area contributed by atoms with E-state index in [0.29, 0.717) is 69.5 Å². The lowest BCUT2D eigenvalue weighted by molar-refractivity contribution is -0.384. The molecule has 1 aliphatic heterocycles. The van der Waals surface area contributed by atoms with Crippen LogP contribution in [-0.4, -0.2) is 47.1 Å². The summed E-state index contributed by atoms with van der Waals surface area (Å²) in [7, 11) is 0. The number of piperazine rings is 1. The number of rotatable bonds is 4. The Kier molecular flexibility index (Phi) is 6.28. The molecule has 1 fully saturated rings. The molecule has 0 radical (unpaired) electrons. The maximum atomic E-state index is 13.3. The molecule has 166 valence electrons. The molecule has 32 heavy (non-hydrogen) atoms. The molecule has 11 heteroatoms. The van der Waals surface area contributed by atoms with Gasteiger partial charge in [-0.3, -0.25) is 14.9 Å². The molecule has 2 aromatic carbocycles. The maximum absolute atomic E-state index is 13.3. The van der Waals surface area contributed by atoms with E-state index in [4.69, 9.17) is 39.3 Å². The van der Waals surface area contributed by atoms with Crippen molar-refractivity contribution in [2.75, 3.05) is 31.1 Å². The van der Waals surface area contributed by atoms with Crippen LogP contribution in [0.5, 0.6) is 0 Å². The highest BCUT2D eigenvalue weighted by Gasteiger charge is 2.30. The summed E-state index contributed by atoms with van der Waals surface area (Å²) in [5, 5.41) is 16.0. The van der Waals surface area contributed by atoms with Crippen LogP contribution in [0.3, 0.4) is 0 Å². The first kappa shape index (κ1) is 22.4. The maximum Gasteiger partial charge on any atom is 0.271 e. The molecule has 4 rings (SSSR count). The van der Waals surface area contributed by atoms with E-state index >= 15 is 0 Å². The number of benzene rings is 2. The Morgan fingerprint density at radius 1 is 1.06 bits per heavy atom. The van der Waals surface area contributed by atoms with Gasteiger partial charge in [-0.2, -0.15) is 0 Å². The van der Waals surface area contributed by atoms with Crippen LogP contribution < -0.4 is 4.90 Å². The zero-order chi connectivity index (χ0) is 23.0. The second-order valence-electron chi connectivity index (χ2n) is 7.23. The SMILES string of the molecule is Cc1onc(-c2c(Cl)cccc2Cl)c1C(=O)N1CCN(c2ccc([N+](=O)[O-])cc2Cl)CC1. The van der Waals surface area contributed by atoms with Gasteiger partial charge in [-0.1, -0.05) is 46.0 Å². The fourth-order valence-electron chi connectivity index (χ4n) is 3.69. The molecular formula is C21H17Cl3N4O4. The Labute approximate surface area is 198 Å². The second-order valence-corrected chi connectivity index (χ2v) is 8.45. The van der Waals surface area contributed by atoms with Crippen molar-refractivity contribution >= 4 is 52.1 Å². The summed E-state index contributed by atoms with van der Waals surface area (Å²) in [6, 6.07) is 9.43. The highest BCUT2D eigenvalue weighted by molar-refractivity contribution is 6.39. The van der Waals surface area contributed by atoms with Crippen LogP contribution >= 0.6 is 34.8 Å². The molecule has 0 saturated carbocycles. The smallest absolute Gasteiger partial charge is 0.271 e. The number of anilines is 1. The van der Waals surface area contributed by atoms with Gasteiger partial charge < -0.3 is 14.3 Å². The Balaban J connectivity index is 1.54. The van der Waals surface area contributed by atoms with Crippen molar-refractivity contribution in [2.24, 2.45) is 0 Å². The summed E-state index contributed by atoms with van der Waals surface area (Å²) in [5.74, 6) is 0.144. The highest BCUT2D eigenvalue weighted by Crippen LogP contribution is 2.37. The van der Waals surface area contributed by atoms with Crippen LogP contribution in [0.4, 0.5) is 11.4 Å². The normalized spacial score (nSPS) is 14.0. The lowest BCUT2D eigenvalue weighted by Crippen LogP contribution is -2.49. The number of nitro benzene ring substituents is 1. The first-order chi connectivity index (χ1) is 15.3. The van der Waals surface area contributed by atoms with Gasteiger partial charge in [-0.25, -0.2) is 0 Å². The van der Waals surface area contributed by atoms with Crippen molar-refractivity contribution in [1.29, 1.82) is 0 Å². The predicted molar refractivity (Wildman–Crippen MR) is 123 cm³/mol. The largest absolute Gasteiger partial charge is 0.367 e. The van der Waals surface area contributed by atoms with Gasteiger partial charge in [0.2, 0.25) is 0 Å². The quantitative estimate of drug-likeness (QED) is 0.351. The predicted octanol–water partition coefficient (Wildman–Crippen LogP) is 5.48. The number of halogens is 3. The molecule has 0 aliphatic carbocycles. The van der Waals surface area contributed by atoms with Crippen molar-refractivity contribution in [2.45, 2.75) is 6.92 Å². The topological polar surface area (TPSA) is 92.7 Å². The van der Waals surface area contributed by atoms with E-state index in [2.05, 4.69) is 5.16 Å². The molecule has 0 bridgehead atoms. The van der Waals surface area contributed by atoms with Crippen LogP contribution in [0.2, 0.25) is 15.1 Å². The molecule has 1 saturated heterocycles. The van der Waals surface area contributed by atoms with Crippen molar-refractivity contribution in [1.82, 2.24) is 10.1 Å². The van der Waals surface area contributed by atoms with Gasteiger partial charge in [0.05, 0.1) is 25.7 Å². The molecule has 0 N–H and O–H groups in total. The third kappa shape index (κ3) is 4.13. The minimum Gasteiger partial charge on any atom is -0.367 e. The van der Waals surface area contributed by atoms with E-state index in [9.17, 15) is 14.9 Å². The first-order valence-electron chi connectivity index (χ1n) is 9.66. The fourth-order valence-corrected chi connectivity index (χ4v) is 4.56. The third-order valence-corrected chi connectivity index (χ3v) is 6.26. The lowest BCUT2D eigenvalue weighted by Gasteiger charge is -2.36. The average molecular weight is 496 g/mol. The standard InChI is InChI=1S/C21H17Cl3N4O4/c1-12-18(20(25-32-12)19-14(22)3-2-4-15(19)23)21(29)27-9-7-26(8-10-27)17-6-5-13(28(30)31)11-16(17)24/h2-6,11H,7-10H2,1H3. The van der Waals surface area contributed by atoms with E-state index in [0.717, 1.165) is 0 Å². The van der Waals surface area contributed by atoms with Crippen LogP contribution in [0, 0.1) is 17.0 Å². The van der Waals surface area contributed by atoms with Gasteiger partial charge in [0, 0.05) is 43.9 Å². The van der Waals surface area contributed by atoms with Crippen LogP contribution in [0.1, 0.15) is 16.1 Å². The first-order valence-corrected chi connectivity index (χ1v) is 10.8. The van der Waals surface area contributed by atoms with Crippen LogP contribution in [0.25, 0.3) is 11.3 Å². The average Bonchev–Trinajstić information content (AvgIpc) is 3.14. The Morgan fingerprint density at radius 3 is 2.31 bits per heavy atom. The number of carbonyl (C=O) groups is 1. The van der Waals surface area contributed by atoms with Gasteiger partial charge in [0.15, 0.2) is 0 Å². The van der Waals surface area contributed by atoms with Crippen molar-refractivity contribution in [3.8, 4) is 11.3 Å². The van der Waals surface area contributed by atoms with E-state index in [1.165, 1.54) is 12.1 Å². The molecule has 0 atom stereocenters. The molecule has 2 heterocycles. The van der Waals surface area contributed by atoms with Crippen molar-refractivity contribution in [3.63, 3.8) is 0 Å². The minimum atomic E-state index is -0.490. The van der Waals surface area contributed by atoms with E-state index in [1.54, 1.807) is 36.1 Å². The van der Waals surface area contributed by atoms with E-state index in [-0.39, 0.29) is 11.6 Å². The summed E-state index contributed by atoms with van der Waals surface area (Å²) < 4.78 is 5.31. The second kappa shape index (κ2) is 8.97. The van der Waals surface area contributed by atoms with Gasteiger partial charge in [-0.15, -0.1) is 0 Å². The number of carbonyl (C=O) groups excluding carboxylic acids is 1. The van der Waals surface area contributed by atoms with Crippen molar-refractivity contribution in [3.05, 3.63) is 72.9 Å². The number of hydrogen-bond donors (Lipinski definition) is 0.